The lowest BCUT2D eigenvalue weighted by molar-refractivity contribution is -0.215. The molecule has 1 aliphatic heterocycles. The van der Waals surface area contributed by atoms with Gasteiger partial charge in [-0.1, -0.05) is 90.4 Å². The maximum Gasteiger partial charge on any atom is 0.344 e. The molecule has 1 saturated heterocycles. The summed E-state index contributed by atoms with van der Waals surface area (Å²) in [6.07, 6.45) is 10.3. The highest BCUT2D eigenvalue weighted by Gasteiger charge is 2.69. The Morgan fingerprint density at radius 1 is 0.800 bits per heavy atom. The topological polar surface area (TPSA) is 114 Å². The maximum atomic E-state index is 14.3. The van der Waals surface area contributed by atoms with Crippen molar-refractivity contribution >= 4 is 23.9 Å². The van der Waals surface area contributed by atoms with E-state index in [0.717, 1.165) is 69.8 Å². The van der Waals surface area contributed by atoms with Crippen LogP contribution in [0.1, 0.15) is 139 Å². The maximum absolute atomic E-state index is 14.3. The van der Waals surface area contributed by atoms with Gasteiger partial charge < -0.3 is 23.7 Å². The number of hydrogen-bond donors (Lipinski definition) is 0. The van der Waals surface area contributed by atoms with Gasteiger partial charge in [0, 0.05) is 19.3 Å². The second-order valence-electron chi connectivity index (χ2n) is 20.6. The molecular weight excluding hydrogens is 696 g/mol. The molecule has 0 unspecified atom stereocenters. The largest absolute Gasteiger partial charge is 0.462 e. The van der Waals surface area contributed by atoms with Crippen LogP contribution in [-0.4, -0.2) is 48.5 Å². The van der Waals surface area contributed by atoms with E-state index >= 15 is 0 Å². The van der Waals surface area contributed by atoms with Gasteiger partial charge in [0.05, 0.1) is 11.8 Å². The molecule has 9 nitrogen and oxygen atoms in total. The highest BCUT2D eigenvalue weighted by atomic mass is 16.8. The SMILES string of the molecule is CC1(C)CC[C@]2(C(=O)OCC(=O)OCc3ccccc3)CC[C@]3(C)C(=CC[C@@H]4[C@@]5(C)CC[C@H](OC(=O)C[C@@H]6OC(C)(C)OC6=O)C(C)(C)[C@@H]5CC[C@]43C)[C@@H]2C1. The minimum absolute atomic E-state index is 0.0216. The second kappa shape index (κ2) is 13.7. The van der Waals surface area contributed by atoms with E-state index in [0.29, 0.717) is 11.8 Å². The van der Waals surface area contributed by atoms with E-state index in [9.17, 15) is 19.2 Å². The minimum Gasteiger partial charge on any atom is -0.462 e. The van der Waals surface area contributed by atoms with E-state index in [-0.39, 0.29) is 64.7 Å². The highest BCUT2D eigenvalue weighted by Crippen LogP contribution is 2.76. The molecule has 9 heteroatoms. The Morgan fingerprint density at radius 2 is 1.51 bits per heavy atom. The molecule has 5 fully saturated rings. The number of esters is 4. The van der Waals surface area contributed by atoms with Gasteiger partial charge in [0.2, 0.25) is 5.79 Å². The lowest BCUT2D eigenvalue weighted by atomic mass is 9.33. The molecule has 0 aromatic heterocycles. The molecule has 0 spiro atoms. The van der Waals surface area contributed by atoms with Gasteiger partial charge in [0.15, 0.2) is 12.7 Å². The van der Waals surface area contributed by atoms with Crippen LogP contribution >= 0.6 is 0 Å². The van der Waals surface area contributed by atoms with Crippen molar-refractivity contribution in [2.45, 2.75) is 158 Å². The van der Waals surface area contributed by atoms with Crippen LogP contribution in [-0.2, 0) is 49.5 Å². The fraction of sp³-hybridized carbons (Fsp3) is 0.739. The van der Waals surface area contributed by atoms with Crippen molar-refractivity contribution in [1.29, 1.82) is 0 Å². The van der Waals surface area contributed by atoms with Crippen LogP contribution < -0.4 is 0 Å². The van der Waals surface area contributed by atoms with Crippen molar-refractivity contribution in [3.63, 3.8) is 0 Å². The van der Waals surface area contributed by atoms with E-state index in [1.807, 2.05) is 30.3 Å². The van der Waals surface area contributed by atoms with E-state index in [4.69, 9.17) is 23.7 Å². The third-order valence-corrected chi connectivity index (χ3v) is 16.2. The molecule has 1 aromatic carbocycles. The molecule has 55 heavy (non-hydrogen) atoms. The number of carbonyl (C=O) groups excluding carboxylic acids is 4. The molecule has 9 atom stereocenters. The van der Waals surface area contributed by atoms with Gasteiger partial charge in [-0.15, -0.1) is 0 Å². The third kappa shape index (κ3) is 6.76. The lowest BCUT2D eigenvalue weighted by Gasteiger charge is -2.71. The van der Waals surface area contributed by atoms with Crippen molar-refractivity contribution in [2.24, 2.45) is 50.2 Å². The first-order chi connectivity index (χ1) is 25.7. The summed E-state index contributed by atoms with van der Waals surface area (Å²) in [5, 5.41) is 0. The van der Waals surface area contributed by atoms with Gasteiger partial charge in [0.25, 0.3) is 0 Å². The number of allylic oxidation sites excluding steroid dienone is 2. The van der Waals surface area contributed by atoms with Crippen molar-refractivity contribution in [2.75, 3.05) is 6.61 Å². The van der Waals surface area contributed by atoms with Gasteiger partial charge in [-0.05, 0) is 109 Å². The molecule has 0 amide bonds. The number of ether oxygens (including phenoxy) is 5. The minimum atomic E-state index is -1.04. The van der Waals surface area contributed by atoms with Crippen LogP contribution in [0.5, 0.6) is 0 Å². The summed E-state index contributed by atoms with van der Waals surface area (Å²) in [6.45, 7) is 19.8. The number of rotatable bonds is 8. The average molecular weight is 761 g/mol. The first kappa shape index (κ1) is 40.0. The summed E-state index contributed by atoms with van der Waals surface area (Å²) in [6, 6.07) is 9.53. The van der Waals surface area contributed by atoms with E-state index in [1.54, 1.807) is 13.8 Å². The van der Waals surface area contributed by atoms with Crippen molar-refractivity contribution in [3.8, 4) is 0 Å². The van der Waals surface area contributed by atoms with Crippen LogP contribution in [0.2, 0.25) is 0 Å². The Morgan fingerprint density at radius 3 is 2.20 bits per heavy atom. The van der Waals surface area contributed by atoms with Crippen molar-refractivity contribution in [1.82, 2.24) is 0 Å². The summed E-state index contributed by atoms with van der Waals surface area (Å²) in [5.74, 6) is -1.90. The van der Waals surface area contributed by atoms with Crippen molar-refractivity contribution < 1.29 is 42.9 Å². The van der Waals surface area contributed by atoms with E-state index in [2.05, 4.69) is 54.5 Å². The van der Waals surface area contributed by atoms with Gasteiger partial charge in [0.1, 0.15) is 12.7 Å². The average Bonchev–Trinajstić information content (AvgIpc) is 3.37. The van der Waals surface area contributed by atoms with Crippen LogP contribution in [0.4, 0.5) is 0 Å². The fourth-order valence-electron chi connectivity index (χ4n) is 13.1. The molecule has 7 rings (SSSR count). The Hall–Kier alpha value is -3.20. The molecule has 6 aliphatic rings. The second-order valence-corrected chi connectivity index (χ2v) is 20.6. The van der Waals surface area contributed by atoms with Crippen molar-refractivity contribution in [3.05, 3.63) is 47.5 Å². The third-order valence-electron chi connectivity index (χ3n) is 16.2. The Balaban J connectivity index is 1.08. The van der Waals surface area contributed by atoms with Gasteiger partial charge in [-0.25, -0.2) is 9.59 Å². The summed E-state index contributed by atoms with van der Waals surface area (Å²) < 4.78 is 28.5. The predicted molar refractivity (Wildman–Crippen MR) is 206 cm³/mol. The predicted octanol–water partition coefficient (Wildman–Crippen LogP) is 9.05. The Labute approximate surface area is 328 Å². The molecule has 302 valence electrons. The Bertz CT molecular complexity index is 1730. The lowest BCUT2D eigenvalue weighted by Crippen LogP contribution is -2.65. The standard InChI is InChI=1S/C46H64O9/c1-40(2)21-23-46(39(50)52-28-37(48)51-27-29-13-11-10-12-14-29)24-22-44(8)30(31(46)26-40)15-16-34-43(7)19-18-35(41(3,4)33(43)17-20-45(34,44)9)53-36(47)25-32-38(49)55-42(5,6)54-32/h10-15,31-35H,16-28H2,1-9H3/t31-,32-,33-,34+,35-,43-,44+,45+,46-/m0/s1. The summed E-state index contributed by atoms with van der Waals surface area (Å²) in [7, 11) is 0. The molecule has 1 heterocycles. The monoisotopic (exact) mass is 760 g/mol. The van der Waals surface area contributed by atoms with E-state index in [1.165, 1.54) is 5.57 Å². The van der Waals surface area contributed by atoms with Crippen LogP contribution in [0.25, 0.3) is 0 Å². The normalized spacial score (nSPS) is 39.5. The van der Waals surface area contributed by atoms with E-state index < -0.39 is 35.2 Å². The number of carbonyl (C=O) groups is 4. The zero-order valence-corrected chi connectivity index (χ0v) is 34.7. The first-order valence-electron chi connectivity index (χ1n) is 20.8. The van der Waals surface area contributed by atoms with Crippen LogP contribution in [0.15, 0.2) is 42.0 Å². The molecule has 0 N–H and O–H groups in total. The molecule has 4 saturated carbocycles. The molecule has 0 radical (unpaired) electrons. The fourth-order valence-corrected chi connectivity index (χ4v) is 13.1. The number of fused-ring (bicyclic) bond motifs is 7. The van der Waals surface area contributed by atoms with Gasteiger partial charge in [-0.3, -0.25) is 9.59 Å². The number of hydrogen-bond acceptors (Lipinski definition) is 9. The van der Waals surface area contributed by atoms with Gasteiger partial charge in [-0.2, -0.15) is 0 Å². The Kier molecular flexibility index (Phi) is 9.99. The number of cyclic esters (lactones) is 1. The molecular formula is C46H64O9. The van der Waals surface area contributed by atoms with Crippen LogP contribution in [0, 0.1) is 50.2 Å². The number of benzene rings is 1. The van der Waals surface area contributed by atoms with Crippen LogP contribution in [0.3, 0.4) is 0 Å². The summed E-state index contributed by atoms with van der Waals surface area (Å²) >= 11 is 0. The summed E-state index contributed by atoms with van der Waals surface area (Å²) in [4.78, 5) is 52.7. The summed E-state index contributed by atoms with van der Waals surface area (Å²) in [5.41, 5.74) is 1.48. The molecule has 0 bridgehead atoms. The zero-order chi connectivity index (χ0) is 39.8. The molecule has 1 aromatic rings. The quantitative estimate of drug-likeness (QED) is 0.145. The first-order valence-corrected chi connectivity index (χ1v) is 20.8. The smallest absolute Gasteiger partial charge is 0.344 e. The highest BCUT2D eigenvalue weighted by molar-refractivity contribution is 5.83. The van der Waals surface area contributed by atoms with Gasteiger partial charge >= 0.3 is 23.9 Å². The molecule has 5 aliphatic carbocycles. The zero-order valence-electron chi connectivity index (χ0n) is 34.7.